The highest BCUT2D eigenvalue weighted by molar-refractivity contribution is 5.97. The minimum absolute atomic E-state index is 0.0315. The molecule has 18 heavy (non-hydrogen) atoms. The van der Waals surface area contributed by atoms with E-state index in [1.165, 1.54) is 0 Å². The van der Waals surface area contributed by atoms with Crippen molar-refractivity contribution in [1.82, 2.24) is 4.90 Å². The summed E-state index contributed by atoms with van der Waals surface area (Å²) in [4.78, 5) is 14.3. The first-order valence-electron chi connectivity index (χ1n) is 6.17. The van der Waals surface area contributed by atoms with Crippen LogP contribution in [0.2, 0.25) is 0 Å². The van der Waals surface area contributed by atoms with Crippen molar-refractivity contribution < 1.29 is 9.53 Å². The third-order valence-electron chi connectivity index (χ3n) is 2.84. The average Bonchev–Trinajstić information content (AvgIpc) is 2.34. The van der Waals surface area contributed by atoms with Crippen LogP contribution in [0.25, 0.3) is 0 Å². The summed E-state index contributed by atoms with van der Waals surface area (Å²) in [5.74, 6) is 0.573. The molecule has 2 N–H and O–H groups in total. The zero-order valence-electron chi connectivity index (χ0n) is 11.6. The van der Waals surface area contributed by atoms with Crippen LogP contribution in [0, 0.1) is 6.92 Å². The molecule has 1 rings (SSSR count). The van der Waals surface area contributed by atoms with Gasteiger partial charge in [-0.25, -0.2) is 0 Å². The number of methoxy groups -OCH3 is 1. The van der Waals surface area contributed by atoms with E-state index in [1.54, 1.807) is 12.0 Å². The molecule has 0 fully saturated rings. The molecule has 4 nitrogen and oxygen atoms in total. The SMILES string of the molecule is COc1ccc(C)cc1C(=O)N(CCN)C(C)C. The van der Waals surface area contributed by atoms with E-state index in [1.807, 2.05) is 39.0 Å². The van der Waals surface area contributed by atoms with Gasteiger partial charge in [0.2, 0.25) is 0 Å². The fourth-order valence-corrected chi connectivity index (χ4v) is 1.88. The topological polar surface area (TPSA) is 55.6 Å². The summed E-state index contributed by atoms with van der Waals surface area (Å²) in [6, 6.07) is 5.72. The van der Waals surface area contributed by atoms with Crippen LogP contribution in [0.3, 0.4) is 0 Å². The van der Waals surface area contributed by atoms with Gasteiger partial charge in [0.25, 0.3) is 5.91 Å². The zero-order chi connectivity index (χ0) is 13.7. The second kappa shape index (κ2) is 6.40. The second-order valence-corrected chi connectivity index (χ2v) is 4.58. The van der Waals surface area contributed by atoms with Crippen molar-refractivity contribution >= 4 is 5.91 Å². The van der Waals surface area contributed by atoms with Gasteiger partial charge >= 0.3 is 0 Å². The molecule has 0 radical (unpaired) electrons. The summed E-state index contributed by atoms with van der Waals surface area (Å²) in [6.07, 6.45) is 0. The van der Waals surface area contributed by atoms with Crippen molar-refractivity contribution in [2.45, 2.75) is 26.8 Å². The monoisotopic (exact) mass is 250 g/mol. The predicted molar refractivity (Wildman–Crippen MR) is 73.0 cm³/mol. The predicted octanol–water partition coefficient (Wildman–Crippen LogP) is 1.81. The number of benzene rings is 1. The van der Waals surface area contributed by atoms with E-state index in [2.05, 4.69) is 0 Å². The Morgan fingerprint density at radius 2 is 2.11 bits per heavy atom. The van der Waals surface area contributed by atoms with Crippen LogP contribution in [-0.2, 0) is 0 Å². The van der Waals surface area contributed by atoms with Gasteiger partial charge in [0, 0.05) is 19.1 Å². The molecule has 1 aromatic carbocycles. The lowest BCUT2D eigenvalue weighted by Crippen LogP contribution is -2.40. The van der Waals surface area contributed by atoms with E-state index in [0.29, 0.717) is 24.4 Å². The number of ether oxygens (including phenoxy) is 1. The Labute approximate surface area is 109 Å². The van der Waals surface area contributed by atoms with Gasteiger partial charge in [-0.1, -0.05) is 11.6 Å². The van der Waals surface area contributed by atoms with E-state index < -0.39 is 0 Å². The summed E-state index contributed by atoms with van der Waals surface area (Å²) in [7, 11) is 1.57. The summed E-state index contributed by atoms with van der Waals surface area (Å²) in [5, 5.41) is 0. The van der Waals surface area contributed by atoms with Crippen molar-refractivity contribution in [2.75, 3.05) is 20.2 Å². The van der Waals surface area contributed by atoms with Crippen molar-refractivity contribution in [2.24, 2.45) is 5.73 Å². The van der Waals surface area contributed by atoms with Gasteiger partial charge in [0.05, 0.1) is 12.7 Å². The molecule has 4 heteroatoms. The quantitative estimate of drug-likeness (QED) is 0.867. The first kappa shape index (κ1) is 14.5. The lowest BCUT2D eigenvalue weighted by atomic mass is 10.1. The summed E-state index contributed by atoms with van der Waals surface area (Å²) < 4.78 is 5.25. The van der Waals surface area contributed by atoms with Crippen LogP contribution in [0.4, 0.5) is 0 Å². The Bertz CT molecular complexity index is 416. The highest BCUT2D eigenvalue weighted by Crippen LogP contribution is 2.22. The van der Waals surface area contributed by atoms with E-state index in [9.17, 15) is 4.79 Å². The van der Waals surface area contributed by atoms with Crippen LogP contribution in [0.5, 0.6) is 5.75 Å². The maximum absolute atomic E-state index is 12.5. The number of nitrogens with zero attached hydrogens (tertiary/aromatic N) is 1. The van der Waals surface area contributed by atoms with Crippen LogP contribution < -0.4 is 10.5 Å². The Balaban J connectivity index is 3.11. The molecule has 0 saturated heterocycles. The van der Waals surface area contributed by atoms with Gasteiger partial charge in [-0.2, -0.15) is 0 Å². The number of aryl methyl sites for hydroxylation is 1. The number of carbonyl (C=O) groups excluding carboxylic acids is 1. The number of hydrogen-bond acceptors (Lipinski definition) is 3. The van der Waals surface area contributed by atoms with Gasteiger partial charge in [0.1, 0.15) is 5.75 Å². The summed E-state index contributed by atoms with van der Waals surface area (Å²) in [6.45, 7) is 6.93. The van der Waals surface area contributed by atoms with Gasteiger partial charge in [-0.15, -0.1) is 0 Å². The first-order valence-corrected chi connectivity index (χ1v) is 6.17. The number of carbonyl (C=O) groups is 1. The van der Waals surface area contributed by atoms with Gasteiger partial charge in [-0.05, 0) is 32.9 Å². The molecular weight excluding hydrogens is 228 g/mol. The van der Waals surface area contributed by atoms with Crippen LogP contribution in [-0.4, -0.2) is 37.0 Å². The normalized spacial score (nSPS) is 10.6. The summed E-state index contributed by atoms with van der Waals surface area (Å²) >= 11 is 0. The average molecular weight is 250 g/mol. The first-order chi connectivity index (χ1) is 8.51. The molecule has 0 aliphatic rings. The Morgan fingerprint density at radius 3 is 2.61 bits per heavy atom. The van der Waals surface area contributed by atoms with Crippen LogP contribution in [0.1, 0.15) is 29.8 Å². The molecule has 100 valence electrons. The second-order valence-electron chi connectivity index (χ2n) is 4.58. The molecule has 0 aromatic heterocycles. The van der Waals surface area contributed by atoms with Gasteiger partial charge in [0.15, 0.2) is 0 Å². The minimum Gasteiger partial charge on any atom is -0.496 e. The zero-order valence-corrected chi connectivity index (χ0v) is 11.6. The largest absolute Gasteiger partial charge is 0.496 e. The Hall–Kier alpha value is -1.55. The molecule has 0 unspecified atom stereocenters. The third kappa shape index (κ3) is 3.23. The molecule has 0 aliphatic carbocycles. The smallest absolute Gasteiger partial charge is 0.257 e. The molecule has 0 atom stereocenters. The van der Waals surface area contributed by atoms with E-state index >= 15 is 0 Å². The van der Waals surface area contributed by atoms with Crippen molar-refractivity contribution in [3.05, 3.63) is 29.3 Å². The number of amides is 1. The number of nitrogens with two attached hydrogens (primary N) is 1. The molecule has 1 amide bonds. The third-order valence-corrected chi connectivity index (χ3v) is 2.84. The molecule has 0 saturated carbocycles. The van der Waals surface area contributed by atoms with Gasteiger partial charge in [-0.3, -0.25) is 4.79 Å². The maximum atomic E-state index is 12.5. The fraction of sp³-hybridized carbons (Fsp3) is 0.500. The highest BCUT2D eigenvalue weighted by Gasteiger charge is 2.21. The maximum Gasteiger partial charge on any atom is 0.257 e. The number of hydrogen-bond donors (Lipinski definition) is 1. The van der Waals surface area contributed by atoms with E-state index in [-0.39, 0.29) is 11.9 Å². The van der Waals surface area contributed by atoms with E-state index in [4.69, 9.17) is 10.5 Å². The van der Waals surface area contributed by atoms with Gasteiger partial charge < -0.3 is 15.4 Å². The van der Waals surface area contributed by atoms with Crippen LogP contribution in [0.15, 0.2) is 18.2 Å². The standard InChI is InChI=1S/C14H22N2O2/c1-10(2)16(8-7-15)14(17)12-9-11(3)5-6-13(12)18-4/h5-6,9-10H,7-8,15H2,1-4H3. The highest BCUT2D eigenvalue weighted by atomic mass is 16.5. The van der Waals surface area contributed by atoms with Crippen molar-refractivity contribution in [3.8, 4) is 5.75 Å². The molecule has 0 bridgehead atoms. The molecule has 0 aliphatic heterocycles. The van der Waals surface area contributed by atoms with Crippen molar-refractivity contribution in [1.29, 1.82) is 0 Å². The Kier molecular flexibility index (Phi) is 5.16. The lowest BCUT2D eigenvalue weighted by molar-refractivity contribution is 0.0708. The fourth-order valence-electron chi connectivity index (χ4n) is 1.88. The lowest BCUT2D eigenvalue weighted by Gasteiger charge is -2.27. The minimum atomic E-state index is -0.0315. The summed E-state index contributed by atoms with van der Waals surface area (Å²) in [5.41, 5.74) is 7.19. The van der Waals surface area contributed by atoms with E-state index in [0.717, 1.165) is 5.56 Å². The molecule has 0 spiro atoms. The molecule has 0 heterocycles. The molecular formula is C14H22N2O2. The van der Waals surface area contributed by atoms with Crippen LogP contribution >= 0.6 is 0 Å². The van der Waals surface area contributed by atoms with Crippen molar-refractivity contribution in [3.63, 3.8) is 0 Å². The molecule has 1 aromatic rings. The Morgan fingerprint density at radius 1 is 1.44 bits per heavy atom. The number of rotatable bonds is 5.